The van der Waals surface area contributed by atoms with Crippen molar-refractivity contribution in [1.82, 2.24) is 4.90 Å². The number of amides is 1. The third-order valence-electron chi connectivity index (χ3n) is 4.06. The van der Waals surface area contributed by atoms with Gasteiger partial charge in [0.2, 0.25) is 0 Å². The summed E-state index contributed by atoms with van der Waals surface area (Å²) in [6, 6.07) is 16.1. The van der Waals surface area contributed by atoms with Crippen LogP contribution in [0.2, 0.25) is 0 Å². The standard InChI is InChI=1S/C18H18BrNO2/c1-12-8-9-16(19)15(10-12)11-20-13(2)17(22-18(20)21)14-6-4-3-5-7-14/h3-10,13,17H,11H2,1-2H3/t13-,17-/m1/s1. The van der Waals surface area contributed by atoms with E-state index in [1.165, 1.54) is 5.56 Å². The highest BCUT2D eigenvalue weighted by Gasteiger charge is 2.39. The number of nitrogens with zero attached hydrogens (tertiary/aromatic N) is 1. The Morgan fingerprint density at radius 2 is 1.91 bits per heavy atom. The van der Waals surface area contributed by atoms with E-state index in [-0.39, 0.29) is 18.2 Å². The predicted molar refractivity (Wildman–Crippen MR) is 89.5 cm³/mol. The second-order valence-electron chi connectivity index (χ2n) is 5.68. The van der Waals surface area contributed by atoms with E-state index in [0.717, 1.165) is 15.6 Å². The summed E-state index contributed by atoms with van der Waals surface area (Å²) in [5.41, 5.74) is 3.31. The highest BCUT2D eigenvalue weighted by atomic mass is 79.9. The number of hydrogen-bond acceptors (Lipinski definition) is 2. The molecule has 4 heteroatoms. The van der Waals surface area contributed by atoms with Gasteiger partial charge in [0, 0.05) is 4.47 Å². The maximum absolute atomic E-state index is 12.3. The summed E-state index contributed by atoms with van der Waals surface area (Å²) in [5.74, 6) is 0. The fraction of sp³-hybridized carbons (Fsp3) is 0.278. The Hall–Kier alpha value is -1.81. The van der Waals surface area contributed by atoms with E-state index in [1.807, 2.05) is 49.4 Å². The molecule has 1 saturated heterocycles. The van der Waals surface area contributed by atoms with Gasteiger partial charge in [-0.1, -0.05) is 64.0 Å². The lowest BCUT2D eigenvalue weighted by Gasteiger charge is -2.21. The highest BCUT2D eigenvalue weighted by molar-refractivity contribution is 9.10. The van der Waals surface area contributed by atoms with Gasteiger partial charge in [0.25, 0.3) is 0 Å². The fourth-order valence-electron chi connectivity index (χ4n) is 2.81. The first-order chi connectivity index (χ1) is 10.6. The van der Waals surface area contributed by atoms with Crippen LogP contribution in [-0.2, 0) is 11.3 Å². The van der Waals surface area contributed by atoms with Gasteiger partial charge < -0.3 is 4.74 Å². The summed E-state index contributed by atoms with van der Waals surface area (Å²) in [6.07, 6.45) is -0.466. The van der Waals surface area contributed by atoms with Crippen LogP contribution in [0.25, 0.3) is 0 Å². The second kappa shape index (κ2) is 6.13. The van der Waals surface area contributed by atoms with Crippen LogP contribution in [0, 0.1) is 6.92 Å². The molecule has 0 unspecified atom stereocenters. The van der Waals surface area contributed by atoms with Crippen molar-refractivity contribution in [1.29, 1.82) is 0 Å². The van der Waals surface area contributed by atoms with Gasteiger partial charge in [-0.15, -0.1) is 0 Å². The van der Waals surface area contributed by atoms with Gasteiger partial charge >= 0.3 is 6.09 Å². The molecule has 2 aromatic carbocycles. The molecule has 0 radical (unpaired) electrons. The summed E-state index contributed by atoms with van der Waals surface area (Å²) >= 11 is 3.56. The van der Waals surface area contributed by atoms with Crippen LogP contribution < -0.4 is 0 Å². The van der Waals surface area contributed by atoms with Gasteiger partial charge in [-0.2, -0.15) is 0 Å². The lowest BCUT2D eigenvalue weighted by molar-refractivity contribution is 0.130. The number of aryl methyl sites for hydroxylation is 1. The van der Waals surface area contributed by atoms with E-state index in [9.17, 15) is 4.79 Å². The quantitative estimate of drug-likeness (QED) is 0.784. The molecule has 0 spiro atoms. The molecular weight excluding hydrogens is 342 g/mol. The number of hydrogen-bond donors (Lipinski definition) is 0. The first-order valence-electron chi connectivity index (χ1n) is 7.33. The third-order valence-corrected chi connectivity index (χ3v) is 4.84. The van der Waals surface area contributed by atoms with Gasteiger partial charge in [-0.25, -0.2) is 4.79 Å². The lowest BCUT2D eigenvalue weighted by atomic mass is 10.0. The van der Waals surface area contributed by atoms with Crippen LogP contribution >= 0.6 is 15.9 Å². The molecule has 1 aliphatic rings. The van der Waals surface area contributed by atoms with Gasteiger partial charge in [-0.05, 0) is 31.0 Å². The van der Waals surface area contributed by atoms with Gasteiger partial charge in [0.15, 0.2) is 0 Å². The minimum absolute atomic E-state index is 0.00214. The van der Waals surface area contributed by atoms with Crippen LogP contribution in [0.1, 0.15) is 29.7 Å². The van der Waals surface area contributed by atoms with Crippen molar-refractivity contribution in [3.05, 3.63) is 69.7 Å². The Bertz CT molecular complexity index is 687. The smallest absolute Gasteiger partial charge is 0.411 e. The van der Waals surface area contributed by atoms with E-state index >= 15 is 0 Å². The van der Waals surface area contributed by atoms with Crippen molar-refractivity contribution >= 4 is 22.0 Å². The topological polar surface area (TPSA) is 29.5 Å². The molecule has 1 heterocycles. The van der Waals surface area contributed by atoms with Crippen LogP contribution in [-0.4, -0.2) is 17.0 Å². The number of carbonyl (C=O) groups excluding carboxylic acids is 1. The van der Waals surface area contributed by atoms with Crippen LogP contribution in [0.3, 0.4) is 0 Å². The molecule has 0 saturated carbocycles. The Kier molecular flexibility index (Phi) is 4.21. The Morgan fingerprint density at radius 3 is 2.64 bits per heavy atom. The van der Waals surface area contributed by atoms with Crippen molar-refractivity contribution in [3.63, 3.8) is 0 Å². The molecule has 2 aromatic rings. The molecule has 0 aliphatic carbocycles. The monoisotopic (exact) mass is 359 g/mol. The van der Waals surface area contributed by atoms with Crippen LogP contribution in [0.15, 0.2) is 53.0 Å². The summed E-state index contributed by atoms with van der Waals surface area (Å²) < 4.78 is 6.60. The summed E-state index contributed by atoms with van der Waals surface area (Å²) in [5, 5.41) is 0. The maximum atomic E-state index is 12.3. The first-order valence-corrected chi connectivity index (χ1v) is 8.13. The highest BCUT2D eigenvalue weighted by Crippen LogP contribution is 2.34. The van der Waals surface area contributed by atoms with E-state index < -0.39 is 0 Å². The predicted octanol–water partition coefficient (Wildman–Crippen LogP) is 4.84. The summed E-state index contributed by atoms with van der Waals surface area (Å²) in [6.45, 7) is 4.63. The van der Waals surface area contributed by atoms with Crippen molar-refractivity contribution in [2.24, 2.45) is 0 Å². The molecular formula is C18H18BrNO2. The fourth-order valence-corrected chi connectivity index (χ4v) is 3.18. The first kappa shape index (κ1) is 15.1. The third kappa shape index (κ3) is 2.88. The lowest BCUT2D eigenvalue weighted by Crippen LogP contribution is -2.31. The number of carbonyl (C=O) groups is 1. The second-order valence-corrected chi connectivity index (χ2v) is 6.53. The molecule has 3 rings (SSSR count). The van der Waals surface area contributed by atoms with Crippen molar-refractivity contribution in [2.45, 2.75) is 32.5 Å². The normalized spacial score (nSPS) is 21.0. The van der Waals surface area contributed by atoms with E-state index in [0.29, 0.717) is 6.54 Å². The van der Waals surface area contributed by atoms with E-state index in [4.69, 9.17) is 4.74 Å². The number of benzene rings is 2. The number of halogens is 1. The molecule has 22 heavy (non-hydrogen) atoms. The summed E-state index contributed by atoms with van der Waals surface area (Å²) in [4.78, 5) is 14.0. The zero-order chi connectivity index (χ0) is 15.7. The van der Waals surface area contributed by atoms with Crippen molar-refractivity contribution in [3.8, 4) is 0 Å². The largest absolute Gasteiger partial charge is 0.439 e. The zero-order valence-electron chi connectivity index (χ0n) is 12.6. The Morgan fingerprint density at radius 1 is 1.18 bits per heavy atom. The Labute approximate surface area is 139 Å². The van der Waals surface area contributed by atoms with Crippen molar-refractivity contribution in [2.75, 3.05) is 0 Å². The molecule has 0 N–H and O–H groups in total. The molecule has 3 nitrogen and oxygen atoms in total. The summed E-state index contributed by atoms with van der Waals surface area (Å²) in [7, 11) is 0. The van der Waals surface area contributed by atoms with Crippen molar-refractivity contribution < 1.29 is 9.53 Å². The molecule has 1 aliphatic heterocycles. The average Bonchev–Trinajstić information content (AvgIpc) is 2.80. The molecule has 0 aromatic heterocycles. The molecule has 1 fully saturated rings. The molecule has 0 bridgehead atoms. The number of cyclic esters (lactones) is 1. The molecule has 114 valence electrons. The number of rotatable bonds is 3. The molecule has 1 amide bonds. The van der Waals surface area contributed by atoms with Gasteiger partial charge in [0.1, 0.15) is 6.10 Å². The minimum Gasteiger partial charge on any atom is -0.439 e. The van der Waals surface area contributed by atoms with Gasteiger partial charge in [-0.3, -0.25) is 4.90 Å². The van der Waals surface area contributed by atoms with Crippen LogP contribution in [0.4, 0.5) is 4.79 Å². The molecule has 2 atom stereocenters. The zero-order valence-corrected chi connectivity index (χ0v) is 14.2. The maximum Gasteiger partial charge on any atom is 0.411 e. The SMILES string of the molecule is Cc1ccc(Br)c(CN2C(=O)O[C@@H](c3ccccc3)[C@H]2C)c1. The van der Waals surface area contributed by atoms with E-state index in [1.54, 1.807) is 4.90 Å². The minimum atomic E-state index is -0.255. The van der Waals surface area contributed by atoms with E-state index in [2.05, 4.69) is 28.9 Å². The Balaban J connectivity index is 1.83. The van der Waals surface area contributed by atoms with Crippen LogP contribution in [0.5, 0.6) is 0 Å². The number of ether oxygens (including phenoxy) is 1. The van der Waals surface area contributed by atoms with Gasteiger partial charge in [0.05, 0.1) is 12.6 Å². The average molecular weight is 360 g/mol.